The lowest BCUT2D eigenvalue weighted by Crippen LogP contribution is -2.49. The highest BCUT2D eigenvalue weighted by Crippen LogP contribution is 2.33. The Bertz CT molecular complexity index is 518. The fraction of sp³-hybridized carbons (Fsp3) is 0.467. The smallest absolute Gasteiger partial charge is 0.265 e. The largest absolute Gasteiger partial charge is 0.482 e. The zero-order valence-electron chi connectivity index (χ0n) is 12.2. The van der Waals surface area contributed by atoms with E-state index in [0.717, 1.165) is 0 Å². The van der Waals surface area contributed by atoms with Gasteiger partial charge in [0, 0.05) is 20.0 Å². The molecule has 0 bridgehead atoms. The number of hydrogen-bond acceptors (Lipinski definition) is 4. The summed E-state index contributed by atoms with van der Waals surface area (Å²) in [5, 5.41) is 5.47. The summed E-state index contributed by atoms with van der Waals surface area (Å²) in [5.41, 5.74) is 0. The minimum Gasteiger partial charge on any atom is -0.482 e. The number of benzene rings is 1. The third-order valence-electron chi connectivity index (χ3n) is 3.13. The van der Waals surface area contributed by atoms with Gasteiger partial charge in [0.2, 0.25) is 12.0 Å². The second kappa shape index (κ2) is 6.97. The molecule has 6 heteroatoms. The second-order valence-electron chi connectivity index (χ2n) is 4.94. The molecule has 2 amide bonds. The highest BCUT2D eigenvalue weighted by Gasteiger charge is 2.33. The quantitative estimate of drug-likeness (QED) is 0.789. The molecule has 1 aliphatic rings. The van der Waals surface area contributed by atoms with Crippen molar-refractivity contribution in [2.75, 3.05) is 13.1 Å². The van der Waals surface area contributed by atoms with Gasteiger partial charge in [-0.2, -0.15) is 0 Å². The van der Waals surface area contributed by atoms with Crippen LogP contribution in [-0.4, -0.2) is 37.1 Å². The van der Waals surface area contributed by atoms with Gasteiger partial charge in [-0.3, -0.25) is 9.59 Å². The molecule has 0 radical (unpaired) electrons. The standard InChI is InChI=1S/C15H20N2O4/c1-10-14(15(19)17-9-5-8-16-11(2)18)21-13-7-4-3-6-12(13)20-10/h3-4,6-7,10,14H,5,8-9H2,1-2H3,(H,16,18)(H,17,19). The number of hydrogen-bond donors (Lipinski definition) is 2. The van der Waals surface area contributed by atoms with Crippen molar-refractivity contribution in [1.29, 1.82) is 0 Å². The SMILES string of the molecule is CC(=O)NCCCNC(=O)C1Oc2ccccc2OC1C. The van der Waals surface area contributed by atoms with Gasteiger partial charge in [-0.1, -0.05) is 12.1 Å². The summed E-state index contributed by atoms with van der Waals surface area (Å²) in [6.07, 6.45) is -0.347. The zero-order chi connectivity index (χ0) is 15.2. The topological polar surface area (TPSA) is 76.7 Å². The molecule has 1 aromatic rings. The predicted molar refractivity (Wildman–Crippen MR) is 77.3 cm³/mol. The molecule has 0 saturated heterocycles. The van der Waals surface area contributed by atoms with Crippen molar-refractivity contribution in [2.45, 2.75) is 32.5 Å². The lowest BCUT2D eigenvalue weighted by Gasteiger charge is -2.31. The van der Waals surface area contributed by atoms with E-state index in [9.17, 15) is 9.59 Å². The first-order valence-electron chi connectivity index (χ1n) is 7.02. The van der Waals surface area contributed by atoms with Crippen LogP contribution in [0.5, 0.6) is 11.5 Å². The molecular weight excluding hydrogens is 272 g/mol. The number of carbonyl (C=O) groups is 2. The van der Waals surface area contributed by atoms with Gasteiger partial charge in [0.15, 0.2) is 11.5 Å². The van der Waals surface area contributed by atoms with E-state index in [4.69, 9.17) is 9.47 Å². The Morgan fingerprint density at radius 1 is 1.10 bits per heavy atom. The molecule has 0 aromatic heterocycles. The lowest BCUT2D eigenvalue weighted by molar-refractivity contribution is -0.133. The maximum atomic E-state index is 12.1. The molecule has 6 nitrogen and oxygen atoms in total. The van der Waals surface area contributed by atoms with Gasteiger partial charge in [0.05, 0.1) is 0 Å². The molecule has 2 N–H and O–H groups in total. The normalized spacial score (nSPS) is 19.7. The van der Waals surface area contributed by atoms with Crippen molar-refractivity contribution in [2.24, 2.45) is 0 Å². The van der Waals surface area contributed by atoms with Crippen LogP contribution in [0.15, 0.2) is 24.3 Å². The highest BCUT2D eigenvalue weighted by molar-refractivity contribution is 5.82. The minimum absolute atomic E-state index is 0.0735. The van der Waals surface area contributed by atoms with E-state index in [0.29, 0.717) is 31.0 Å². The van der Waals surface area contributed by atoms with Crippen molar-refractivity contribution in [3.63, 3.8) is 0 Å². The fourth-order valence-electron chi connectivity index (χ4n) is 2.07. The van der Waals surface area contributed by atoms with Gasteiger partial charge in [0.25, 0.3) is 5.91 Å². The molecule has 0 saturated carbocycles. The Labute approximate surface area is 123 Å². The van der Waals surface area contributed by atoms with Crippen molar-refractivity contribution in [3.8, 4) is 11.5 Å². The number of para-hydroxylation sites is 2. The molecule has 0 spiro atoms. The molecule has 1 aromatic carbocycles. The Morgan fingerprint density at radius 3 is 2.38 bits per heavy atom. The number of fused-ring (bicyclic) bond motifs is 1. The van der Waals surface area contributed by atoms with E-state index in [1.165, 1.54) is 6.92 Å². The van der Waals surface area contributed by atoms with Crippen LogP contribution in [-0.2, 0) is 9.59 Å². The Balaban J connectivity index is 1.82. The first kappa shape index (κ1) is 15.2. The van der Waals surface area contributed by atoms with Crippen LogP contribution in [0.1, 0.15) is 20.3 Å². The van der Waals surface area contributed by atoms with Gasteiger partial charge in [-0.25, -0.2) is 0 Å². The van der Waals surface area contributed by atoms with Crippen LogP contribution < -0.4 is 20.1 Å². The number of rotatable bonds is 5. The van der Waals surface area contributed by atoms with Crippen LogP contribution in [0, 0.1) is 0 Å². The molecule has 114 valence electrons. The van der Waals surface area contributed by atoms with Gasteiger partial charge in [-0.05, 0) is 25.5 Å². The summed E-state index contributed by atoms with van der Waals surface area (Å²) in [5.74, 6) is 0.948. The molecule has 0 aliphatic carbocycles. The molecule has 21 heavy (non-hydrogen) atoms. The minimum atomic E-state index is -0.666. The van der Waals surface area contributed by atoms with Gasteiger partial charge >= 0.3 is 0 Å². The third-order valence-corrected chi connectivity index (χ3v) is 3.13. The summed E-state index contributed by atoms with van der Waals surface area (Å²) in [6.45, 7) is 4.28. The van der Waals surface area contributed by atoms with Gasteiger partial charge in [0.1, 0.15) is 6.10 Å². The molecule has 2 atom stereocenters. The van der Waals surface area contributed by atoms with Crippen molar-refractivity contribution < 1.29 is 19.1 Å². The second-order valence-corrected chi connectivity index (χ2v) is 4.94. The molecular formula is C15H20N2O4. The van der Waals surface area contributed by atoms with Crippen LogP contribution in [0.4, 0.5) is 0 Å². The Morgan fingerprint density at radius 2 is 1.71 bits per heavy atom. The molecule has 0 fully saturated rings. The first-order valence-corrected chi connectivity index (χ1v) is 7.02. The van der Waals surface area contributed by atoms with Crippen LogP contribution >= 0.6 is 0 Å². The van der Waals surface area contributed by atoms with Crippen LogP contribution in [0.25, 0.3) is 0 Å². The number of ether oxygens (including phenoxy) is 2. The van der Waals surface area contributed by atoms with Gasteiger partial charge < -0.3 is 20.1 Å². The number of carbonyl (C=O) groups excluding carboxylic acids is 2. The Kier molecular flexibility index (Phi) is 5.03. The van der Waals surface area contributed by atoms with E-state index in [1.807, 2.05) is 18.2 Å². The number of amides is 2. The Hall–Kier alpha value is -2.24. The average Bonchev–Trinajstić information content (AvgIpc) is 2.45. The van der Waals surface area contributed by atoms with Crippen LogP contribution in [0.3, 0.4) is 0 Å². The molecule has 1 aliphatic heterocycles. The number of nitrogens with one attached hydrogen (secondary N) is 2. The lowest BCUT2D eigenvalue weighted by atomic mass is 10.1. The highest BCUT2D eigenvalue weighted by atomic mass is 16.6. The van der Waals surface area contributed by atoms with E-state index < -0.39 is 6.10 Å². The third kappa shape index (κ3) is 4.11. The van der Waals surface area contributed by atoms with E-state index in [2.05, 4.69) is 10.6 Å². The summed E-state index contributed by atoms with van der Waals surface area (Å²) in [6, 6.07) is 7.28. The molecule has 2 unspecified atom stereocenters. The monoisotopic (exact) mass is 292 g/mol. The summed E-state index contributed by atoms with van der Waals surface area (Å²) >= 11 is 0. The molecule has 2 rings (SSSR count). The van der Waals surface area contributed by atoms with E-state index in [-0.39, 0.29) is 17.9 Å². The zero-order valence-corrected chi connectivity index (χ0v) is 12.2. The van der Waals surface area contributed by atoms with Crippen LogP contribution in [0.2, 0.25) is 0 Å². The van der Waals surface area contributed by atoms with Gasteiger partial charge in [-0.15, -0.1) is 0 Å². The average molecular weight is 292 g/mol. The summed E-state index contributed by atoms with van der Waals surface area (Å²) < 4.78 is 11.4. The molecule has 1 heterocycles. The van der Waals surface area contributed by atoms with E-state index in [1.54, 1.807) is 13.0 Å². The summed E-state index contributed by atoms with van der Waals surface area (Å²) in [4.78, 5) is 22.8. The van der Waals surface area contributed by atoms with E-state index >= 15 is 0 Å². The van der Waals surface area contributed by atoms with Crippen molar-refractivity contribution in [1.82, 2.24) is 10.6 Å². The summed E-state index contributed by atoms with van der Waals surface area (Å²) in [7, 11) is 0. The van der Waals surface area contributed by atoms with Crippen molar-refractivity contribution >= 4 is 11.8 Å². The first-order chi connectivity index (χ1) is 10.1. The maximum Gasteiger partial charge on any atom is 0.265 e. The maximum absolute atomic E-state index is 12.1. The van der Waals surface area contributed by atoms with Crippen molar-refractivity contribution in [3.05, 3.63) is 24.3 Å². The predicted octanol–water partition coefficient (Wildman–Crippen LogP) is 0.857. The fourth-order valence-corrected chi connectivity index (χ4v) is 2.07.